The van der Waals surface area contributed by atoms with E-state index in [1.807, 2.05) is 18.2 Å². The quantitative estimate of drug-likeness (QED) is 0.684. The summed E-state index contributed by atoms with van der Waals surface area (Å²) in [6, 6.07) is 10.9. The monoisotopic (exact) mass is 282 g/mol. The van der Waals surface area contributed by atoms with E-state index in [9.17, 15) is 9.90 Å². The maximum absolute atomic E-state index is 11.5. The number of H-pyrrole nitrogens is 1. The van der Waals surface area contributed by atoms with E-state index in [1.165, 1.54) is 6.92 Å². The maximum atomic E-state index is 11.5. The van der Waals surface area contributed by atoms with E-state index in [0.29, 0.717) is 11.5 Å². The van der Waals surface area contributed by atoms with Crippen LogP contribution in [0.2, 0.25) is 0 Å². The molecular weight excluding hydrogens is 268 g/mol. The van der Waals surface area contributed by atoms with Gasteiger partial charge in [0.1, 0.15) is 11.8 Å². The van der Waals surface area contributed by atoms with Gasteiger partial charge in [-0.1, -0.05) is 6.07 Å². The van der Waals surface area contributed by atoms with Crippen molar-refractivity contribution < 1.29 is 9.90 Å². The van der Waals surface area contributed by atoms with Crippen LogP contribution in [-0.2, 0) is 4.79 Å². The van der Waals surface area contributed by atoms with Gasteiger partial charge in [-0.05, 0) is 37.3 Å². The zero-order chi connectivity index (χ0) is 14.8. The van der Waals surface area contributed by atoms with Crippen molar-refractivity contribution in [3.63, 3.8) is 0 Å². The molecule has 3 rings (SSSR count). The number of hydrogen-bond acceptors (Lipinski definition) is 4. The molecule has 0 saturated carbocycles. The molecule has 0 saturated heterocycles. The van der Waals surface area contributed by atoms with Crippen LogP contribution in [0.5, 0.6) is 0 Å². The molecule has 1 amide bonds. The van der Waals surface area contributed by atoms with Crippen molar-refractivity contribution in [1.82, 2.24) is 15.0 Å². The standard InChI is InChI=1S/C15H14N4O2/c1-9(20)15(21)17-10-5-6-11-13(8-10)19-14(18-11)12-4-2-3-7-16-12/h2-9,20H,1H3,(H,17,21)(H,18,19). The fourth-order valence-corrected chi connectivity index (χ4v) is 1.96. The smallest absolute Gasteiger partial charge is 0.252 e. The van der Waals surface area contributed by atoms with Gasteiger partial charge in [0, 0.05) is 11.9 Å². The highest BCUT2D eigenvalue weighted by molar-refractivity contribution is 5.95. The molecule has 0 radical (unpaired) electrons. The van der Waals surface area contributed by atoms with Crippen LogP contribution < -0.4 is 5.32 Å². The number of nitrogens with one attached hydrogen (secondary N) is 2. The largest absolute Gasteiger partial charge is 0.384 e. The molecule has 21 heavy (non-hydrogen) atoms. The average molecular weight is 282 g/mol. The summed E-state index contributed by atoms with van der Waals surface area (Å²) in [6.07, 6.45) is 0.656. The number of aliphatic hydroxyl groups excluding tert-OH is 1. The number of amides is 1. The van der Waals surface area contributed by atoms with E-state index in [-0.39, 0.29) is 0 Å². The second-order valence-corrected chi connectivity index (χ2v) is 4.70. The van der Waals surface area contributed by atoms with Crippen LogP contribution in [0.25, 0.3) is 22.6 Å². The van der Waals surface area contributed by atoms with E-state index in [4.69, 9.17) is 0 Å². The molecule has 2 aromatic heterocycles. The lowest BCUT2D eigenvalue weighted by atomic mass is 10.2. The second-order valence-electron chi connectivity index (χ2n) is 4.70. The highest BCUT2D eigenvalue weighted by atomic mass is 16.3. The molecule has 3 aromatic rings. The first-order valence-corrected chi connectivity index (χ1v) is 6.53. The van der Waals surface area contributed by atoms with Gasteiger partial charge < -0.3 is 15.4 Å². The van der Waals surface area contributed by atoms with Crippen molar-refractivity contribution in [1.29, 1.82) is 0 Å². The SMILES string of the molecule is CC(O)C(=O)Nc1ccc2nc(-c3ccccn3)[nH]c2c1. The summed E-state index contributed by atoms with van der Waals surface area (Å²) in [7, 11) is 0. The number of aromatic nitrogens is 3. The molecule has 0 spiro atoms. The molecule has 0 aliphatic carbocycles. The molecule has 2 heterocycles. The number of hydrogen-bond donors (Lipinski definition) is 3. The van der Waals surface area contributed by atoms with E-state index in [0.717, 1.165) is 16.7 Å². The molecule has 1 aromatic carbocycles. The number of aliphatic hydroxyl groups is 1. The number of pyridine rings is 1. The van der Waals surface area contributed by atoms with Crippen molar-refractivity contribution >= 4 is 22.6 Å². The number of anilines is 1. The molecule has 6 heteroatoms. The molecule has 0 bridgehead atoms. The zero-order valence-electron chi connectivity index (χ0n) is 11.4. The molecule has 0 aliphatic heterocycles. The maximum Gasteiger partial charge on any atom is 0.252 e. The summed E-state index contributed by atoms with van der Waals surface area (Å²) in [5.74, 6) is 0.225. The van der Waals surface area contributed by atoms with Crippen LogP contribution in [0.3, 0.4) is 0 Å². The molecule has 3 N–H and O–H groups in total. The fourth-order valence-electron chi connectivity index (χ4n) is 1.96. The van der Waals surface area contributed by atoms with Gasteiger partial charge in [0.2, 0.25) is 0 Å². The first-order chi connectivity index (χ1) is 10.1. The molecular formula is C15H14N4O2. The minimum atomic E-state index is -1.05. The average Bonchev–Trinajstić information content (AvgIpc) is 2.91. The number of nitrogens with zero attached hydrogens (tertiary/aromatic N) is 2. The third kappa shape index (κ3) is 2.75. The van der Waals surface area contributed by atoms with Crippen LogP contribution in [0.1, 0.15) is 6.92 Å². The lowest BCUT2D eigenvalue weighted by Gasteiger charge is -2.06. The van der Waals surface area contributed by atoms with Crippen LogP contribution in [-0.4, -0.2) is 32.1 Å². The van der Waals surface area contributed by atoms with Gasteiger partial charge in [-0.15, -0.1) is 0 Å². The number of fused-ring (bicyclic) bond motifs is 1. The number of rotatable bonds is 3. The van der Waals surface area contributed by atoms with Crippen molar-refractivity contribution in [2.75, 3.05) is 5.32 Å². The zero-order valence-corrected chi connectivity index (χ0v) is 11.4. The normalized spacial score (nSPS) is 12.3. The fraction of sp³-hybridized carbons (Fsp3) is 0.133. The Morgan fingerprint density at radius 3 is 2.90 bits per heavy atom. The van der Waals surface area contributed by atoms with Crippen LogP contribution in [0, 0.1) is 0 Å². The molecule has 1 atom stereocenters. The van der Waals surface area contributed by atoms with Gasteiger partial charge in [-0.3, -0.25) is 9.78 Å². The third-order valence-corrected chi connectivity index (χ3v) is 3.04. The van der Waals surface area contributed by atoms with Gasteiger partial charge in [0.05, 0.1) is 11.0 Å². The Labute approximate surface area is 120 Å². The highest BCUT2D eigenvalue weighted by Gasteiger charge is 2.10. The summed E-state index contributed by atoms with van der Waals surface area (Å²) in [5, 5.41) is 11.8. The minimum absolute atomic E-state index is 0.446. The molecule has 6 nitrogen and oxygen atoms in total. The summed E-state index contributed by atoms with van der Waals surface area (Å²) >= 11 is 0. The predicted octanol–water partition coefficient (Wildman–Crippen LogP) is 1.94. The number of imidazole rings is 1. The van der Waals surface area contributed by atoms with Gasteiger partial charge in [-0.2, -0.15) is 0 Å². The predicted molar refractivity (Wildman–Crippen MR) is 79.6 cm³/mol. The highest BCUT2D eigenvalue weighted by Crippen LogP contribution is 2.21. The summed E-state index contributed by atoms with van der Waals surface area (Å²) in [4.78, 5) is 23.3. The van der Waals surface area contributed by atoms with Gasteiger partial charge in [0.15, 0.2) is 5.82 Å². The number of aromatic amines is 1. The molecule has 106 valence electrons. The van der Waals surface area contributed by atoms with E-state index in [2.05, 4.69) is 20.3 Å². The topological polar surface area (TPSA) is 90.9 Å². The lowest BCUT2D eigenvalue weighted by molar-refractivity contribution is -0.123. The Morgan fingerprint density at radius 1 is 1.33 bits per heavy atom. The van der Waals surface area contributed by atoms with Gasteiger partial charge >= 0.3 is 0 Å². The summed E-state index contributed by atoms with van der Waals surface area (Å²) in [5.41, 5.74) is 2.93. The van der Waals surface area contributed by atoms with E-state index in [1.54, 1.807) is 24.4 Å². The number of benzene rings is 1. The Balaban J connectivity index is 1.94. The van der Waals surface area contributed by atoms with E-state index >= 15 is 0 Å². The van der Waals surface area contributed by atoms with Crippen molar-refractivity contribution in [3.05, 3.63) is 42.6 Å². The number of carbonyl (C=O) groups is 1. The first kappa shape index (κ1) is 13.3. The first-order valence-electron chi connectivity index (χ1n) is 6.53. The van der Waals surface area contributed by atoms with Crippen LogP contribution in [0.15, 0.2) is 42.6 Å². The molecule has 0 fully saturated rings. The molecule has 1 unspecified atom stereocenters. The van der Waals surface area contributed by atoms with Crippen molar-refractivity contribution in [2.45, 2.75) is 13.0 Å². The van der Waals surface area contributed by atoms with Gasteiger partial charge in [0.25, 0.3) is 5.91 Å². The third-order valence-electron chi connectivity index (χ3n) is 3.04. The van der Waals surface area contributed by atoms with Crippen molar-refractivity contribution in [2.24, 2.45) is 0 Å². The number of carbonyl (C=O) groups excluding carboxylic acids is 1. The van der Waals surface area contributed by atoms with Crippen molar-refractivity contribution in [3.8, 4) is 11.5 Å². The van der Waals surface area contributed by atoms with E-state index < -0.39 is 12.0 Å². The summed E-state index contributed by atoms with van der Waals surface area (Å²) in [6.45, 7) is 1.42. The Morgan fingerprint density at radius 2 is 2.19 bits per heavy atom. The van der Waals surface area contributed by atoms with Gasteiger partial charge in [-0.25, -0.2) is 4.98 Å². The molecule has 0 aliphatic rings. The van der Waals surface area contributed by atoms with Crippen LogP contribution in [0.4, 0.5) is 5.69 Å². The van der Waals surface area contributed by atoms with Crippen LogP contribution >= 0.6 is 0 Å². The Hall–Kier alpha value is -2.73. The Bertz CT molecular complexity index is 781. The summed E-state index contributed by atoms with van der Waals surface area (Å²) < 4.78 is 0. The lowest BCUT2D eigenvalue weighted by Crippen LogP contribution is -2.24. The minimum Gasteiger partial charge on any atom is -0.384 e. The second kappa shape index (κ2) is 5.34. The Kier molecular flexibility index (Phi) is 3.37.